The number of aliphatic hydroxyl groups is 1. The van der Waals surface area contributed by atoms with Crippen LogP contribution in [0.2, 0.25) is 0 Å². The number of aliphatic hydroxyl groups excluding tert-OH is 1. The van der Waals surface area contributed by atoms with Crippen molar-refractivity contribution in [2.24, 2.45) is 27.9 Å². The van der Waals surface area contributed by atoms with Crippen LogP contribution in [0, 0.1) is 0 Å². The summed E-state index contributed by atoms with van der Waals surface area (Å²) in [4.78, 5) is 63.3. The van der Waals surface area contributed by atoms with E-state index in [1.165, 1.54) is 0 Å². The monoisotopic (exact) mass is 504 g/mol. The van der Waals surface area contributed by atoms with E-state index in [0.29, 0.717) is 25.8 Å². The van der Waals surface area contributed by atoms with Crippen molar-refractivity contribution in [1.29, 1.82) is 0 Å². The molecule has 0 aromatic heterocycles. The average molecular weight is 505 g/mol. The van der Waals surface area contributed by atoms with Gasteiger partial charge in [0, 0.05) is 6.54 Å². The first-order chi connectivity index (χ1) is 16.4. The molecule has 3 amide bonds. The summed E-state index contributed by atoms with van der Waals surface area (Å²) in [5.41, 5.74) is 21.8. The van der Waals surface area contributed by atoms with E-state index in [-0.39, 0.29) is 25.3 Å². The van der Waals surface area contributed by atoms with Gasteiger partial charge >= 0.3 is 11.9 Å². The molecule has 0 fully saturated rings. The van der Waals surface area contributed by atoms with Gasteiger partial charge in [0.25, 0.3) is 0 Å². The molecule has 16 nitrogen and oxygen atoms in total. The van der Waals surface area contributed by atoms with Crippen molar-refractivity contribution in [1.82, 2.24) is 16.0 Å². The molecule has 0 saturated heterocycles. The van der Waals surface area contributed by atoms with Gasteiger partial charge in [0.15, 0.2) is 5.96 Å². The summed E-state index contributed by atoms with van der Waals surface area (Å²) < 4.78 is 0. The number of carbonyl (C=O) groups is 5. The molecular formula is C19H36N8O8. The molecule has 0 aromatic carbocycles. The number of nitrogens with zero attached hydrogens (tertiary/aromatic N) is 1. The maximum absolute atomic E-state index is 12.8. The summed E-state index contributed by atoms with van der Waals surface area (Å²) in [6, 6.07) is -5.51. The fourth-order valence-electron chi connectivity index (χ4n) is 2.80. The maximum atomic E-state index is 12.8. The van der Waals surface area contributed by atoms with E-state index in [1.54, 1.807) is 0 Å². The van der Waals surface area contributed by atoms with E-state index in [9.17, 15) is 29.1 Å². The van der Waals surface area contributed by atoms with Crippen LogP contribution in [0.1, 0.15) is 38.5 Å². The summed E-state index contributed by atoms with van der Waals surface area (Å²) in [6.07, 6.45) is 0.969. The number of carbonyl (C=O) groups excluding carboxylic acids is 3. The number of aliphatic carboxylic acids is 2. The van der Waals surface area contributed by atoms with Crippen molar-refractivity contribution in [3.05, 3.63) is 0 Å². The van der Waals surface area contributed by atoms with Crippen LogP contribution in [0.4, 0.5) is 0 Å². The summed E-state index contributed by atoms with van der Waals surface area (Å²) in [5.74, 6) is -5.87. The van der Waals surface area contributed by atoms with E-state index in [4.69, 9.17) is 33.1 Å². The van der Waals surface area contributed by atoms with Gasteiger partial charge in [-0.25, -0.2) is 4.79 Å². The smallest absolute Gasteiger partial charge is 0.326 e. The van der Waals surface area contributed by atoms with Crippen LogP contribution >= 0.6 is 0 Å². The molecule has 200 valence electrons. The lowest BCUT2D eigenvalue weighted by Crippen LogP contribution is -2.58. The predicted molar refractivity (Wildman–Crippen MR) is 124 cm³/mol. The number of hydrogen-bond donors (Lipinski definition) is 10. The van der Waals surface area contributed by atoms with Crippen LogP contribution in [-0.2, 0) is 24.0 Å². The molecule has 0 radical (unpaired) electrons. The van der Waals surface area contributed by atoms with E-state index in [1.807, 2.05) is 5.32 Å². The Labute approximate surface area is 201 Å². The Morgan fingerprint density at radius 3 is 1.89 bits per heavy atom. The first kappa shape index (κ1) is 31.5. The van der Waals surface area contributed by atoms with Gasteiger partial charge in [0.2, 0.25) is 17.7 Å². The minimum absolute atomic E-state index is 0.0421. The minimum atomic E-state index is -1.78. The van der Waals surface area contributed by atoms with Gasteiger partial charge in [-0.15, -0.1) is 0 Å². The summed E-state index contributed by atoms with van der Waals surface area (Å²) in [6.45, 7) is -0.349. The third-order valence-corrected chi connectivity index (χ3v) is 4.69. The normalized spacial score (nSPS) is 14.0. The van der Waals surface area contributed by atoms with Gasteiger partial charge in [-0.1, -0.05) is 6.42 Å². The third kappa shape index (κ3) is 13.7. The second kappa shape index (κ2) is 17.0. The van der Waals surface area contributed by atoms with Crippen molar-refractivity contribution >= 4 is 35.6 Å². The van der Waals surface area contributed by atoms with E-state index < -0.39 is 66.9 Å². The lowest BCUT2D eigenvalue weighted by Gasteiger charge is -2.24. The number of aliphatic imine (C=N–C) groups is 1. The number of rotatable bonds is 18. The highest BCUT2D eigenvalue weighted by atomic mass is 16.4. The van der Waals surface area contributed by atoms with Crippen LogP contribution in [0.15, 0.2) is 4.99 Å². The highest BCUT2D eigenvalue weighted by molar-refractivity contribution is 5.94. The van der Waals surface area contributed by atoms with Crippen LogP contribution in [-0.4, -0.2) is 94.8 Å². The van der Waals surface area contributed by atoms with Gasteiger partial charge in [0.1, 0.15) is 18.1 Å². The lowest BCUT2D eigenvalue weighted by atomic mass is 10.1. The molecule has 4 atom stereocenters. The molecule has 0 bridgehead atoms. The van der Waals surface area contributed by atoms with Gasteiger partial charge in [-0.3, -0.25) is 24.2 Å². The largest absolute Gasteiger partial charge is 0.481 e. The molecule has 35 heavy (non-hydrogen) atoms. The zero-order chi connectivity index (χ0) is 27.0. The van der Waals surface area contributed by atoms with E-state index in [0.717, 1.165) is 0 Å². The molecule has 0 aliphatic carbocycles. The first-order valence-electron chi connectivity index (χ1n) is 10.9. The topological polar surface area (TPSA) is 299 Å². The number of amides is 3. The molecule has 0 aromatic rings. The Morgan fingerprint density at radius 1 is 0.800 bits per heavy atom. The zero-order valence-electron chi connectivity index (χ0n) is 19.3. The lowest BCUT2D eigenvalue weighted by molar-refractivity contribution is -0.147. The molecule has 0 aliphatic heterocycles. The molecule has 16 heteroatoms. The molecular weight excluding hydrogens is 468 g/mol. The highest BCUT2D eigenvalue weighted by Crippen LogP contribution is 2.04. The molecule has 0 spiro atoms. The molecule has 0 aliphatic rings. The molecule has 4 unspecified atom stereocenters. The molecule has 0 rings (SSSR count). The Kier molecular flexibility index (Phi) is 15.3. The first-order valence-corrected chi connectivity index (χ1v) is 10.9. The third-order valence-electron chi connectivity index (χ3n) is 4.69. The Bertz CT molecular complexity index is 759. The van der Waals surface area contributed by atoms with Crippen LogP contribution in [0.3, 0.4) is 0 Å². The van der Waals surface area contributed by atoms with Gasteiger partial charge in [-0.05, 0) is 32.2 Å². The number of carboxylic acid groups (broad SMARTS) is 2. The number of hydrogen-bond acceptors (Lipinski definition) is 9. The predicted octanol–water partition coefficient (Wildman–Crippen LogP) is -4.50. The number of carboxylic acids is 2. The summed E-state index contributed by atoms with van der Waals surface area (Å²) in [7, 11) is 0. The SMILES string of the molecule is NCCCCC(N)C(=O)NC(CCCN=C(N)N)C(=O)NC(CO)C(=O)NC(CC(=O)O)C(=O)O. The minimum Gasteiger partial charge on any atom is -0.481 e. The Morgan fingerprint density at radius 2 is 1.37 bits per heavy atom. The quantitative estimate of drug-likeness (QED) is 0.0480. The highest BCUT2D eigenvalue weighted by Gasteiger charge is 2.30. The number of unbranched alkanes of at least 4 members (excludes halogenated alkanes) is 1. The van der Waals surface area contributed by atoms with Crippen molar-refractivity contribution in [2.75, 3.05) is 19.7 Å². The second-order valence-corrected chi connectivity index (χ2v) is 7.64. The van der Waals surface area contributed by atoms with E-state index in [2.05, 4.69) is 15.6 Å². The number of guanidine groups is 1. The fraction of sp³-hybridized carbons (Fsp3) is 0.684. The Balaban J connectivity index is 5.33. The summed E-state index contributed by atoms with van der Waals surface area (Å²) >= 11 is 0. The van der Waals surface area contributed by atoms with Crippen LogP contribution in [0.25, 0.3) is 0 Å². The molecule has 14 N–H and O–H groups in total. The number of nitrogens with one attached hydrogen (secondary N) is 3. The van der Waals surface area contributed by atoms with Gasteiger partial charge in [0.05, 0.1) is 19.1 Å². The van der Waals surface area contributed by atoms with Crippen molar-refractivity contribution in [2.45, 2.75) is 62.7 Å². The molecule has 0 heterocycles. The van der Waals surface area contributed by atoms with Crippen LogP contribution in [0.5, 0.6) is 0 Å². The van der Waals surface area contributed by atoms with Crippen LogP contribution < -0.4 is 38.9 Å². The zero-order valence-corrected chi connectivity index (χ0v) is 19.3. The average Bonchev–Trinajstić information content (AvgIpc) is 2.77. The van der Waals surface area contributed by atoms with Gasteiger partial charge in [-0.2, -0.15) is 0 Å². The van der Waals surface area contributed by atoms with E-state index >= 15 is 0 Å². The van der Waals surface area contributed by atoms with Crippen molar-refractivity contribution in [3.8, 4) is 0 Å². The van der Waals surface area contributed by atoms with Crippen molar-refractivity contribution in [3.63, 3.8) is 0 Å². The Hall–Kier alpha value is -3.50. The molecule has 0 saturated carbocycles. The number of nitrogens with two attached hydrogens (primary N) is 4. The second-order valence-electron chi connectivity index (χ2n) is 7.64. The standard InChI is InChI=1S/C19H36N8O8/c20-6-2-1-4-10(21)15(31)25-11(5-3-7-24-19(22)23)16(32)27-13(9-28)17(33)26-12(18(34)35)8-14(29)30/h10-13,28H,1-9,20-21H2,(H,25,31)(H,26,33)(H,27,32)(H,29,30)(H,34,35)(H4,22,23,24). The maximum Gasteiger partial charge on any atom is 0.326 e. The summed E-state index contributed by atoms with van der Waals surface area (Å²) in [5, 5.41) is 34.0. The van der Waals surface area contributed by atoms with Crippen molar-refractivity contribution < 1.29 is 39.3 Å². The van der Waals surface area contributed by atoms with Gasteiger partial charge < -0.3 is 54.2 Å². The fourth-order valence-corrected chi connectivity index (χ4v) is 2.80.